The first-order valence-corrected chi connectivity index (χ1v) is 7.08. The highest BCUT2D eigenvalue weighted by Crippen LogP contribution is 2.27. The third-order valence-corrected chi connectivity index (χ3v) is 3.97. The van der Waals surface area contributed by atoms with Gasteiger partial charge in [0, 0.05) is 0 Å². The van der Waals surface area contributed by atoms with Gasteiger partial charge >= 0.3 is 0 Å². The molecule has 0 bridgehead atoms. The van der Waals surface area contributed by atoms with E-state index in [0.29, 0.717) is 0 Å². The smallest absolute Gasteiger partial charge is 0.189 e. The Bertz CT molecular complexity index is 344. The minimum Gasteiger partial charge on any atom is -0.394 e. The van der Waals surface area contributed by atoms with Gasteiger partial charge in [0.2, 0.25) is 0 Å². The van der Waals surface area contributed by atoms with Crippen molar-refractivity contribution in [2.75, 3.05) is 13.2 Å². The van der Waals surface area contributed by atoms with Gasteiger partial charge < -0.3 is 55.1 Å². The third kappa shape index (κ3) is 3.65. The first kappa shape index (κ1) is 18.9. The summed E-state index contributed by atoms with van der Waals surface area (Å²) in [6.45, 7) is -1.33. The maximum Gasteiger partial charge on any atom is 0.189 e. The van der Waals surface area contributed by atoms with E-state index >= 15 is 0 Å². The van der Waals surface area contributed by atoms with Crippen LogP contribution in [-0.4, -0.2) is 115 Å². The molecule has 2 heterocycles. The Kier molecular flexibility index (Phi) is 6.27. The van der Waals surface area contributed by atoms with Crippen molar-refractivity contribution in [3.05, 3.63) is 0 Å². The Morgan fingerprint density at radius 3 is 1.22 bits per heavy atom. The lowest BCUT2D eigenvalue weighted by Crippen LogP contribution is -2.63. The number of rotatable bonds is 4. The van der Waals surface area contributed by atoms with Gasteiger partial charge in [-0.05, 0) is 0 Å². The lowest BCUT2D eigenvalue weighted by Gasteiger charge is -2.44. The van der Waals surface area contributed by atoms with Gasteiger partial charge in [-0.25, -0.2) is 0 Å². The van der Waals surface area contributed by atoms with E-state index in [2.05, 4.69) is 0 Å². The van der Waals surface area contributed by atoms with Crippen LogP contribution in [0.25, 0.3) is 0 Å². The average Bonchev–Trinajstić information content (AvgIpc) is 2.55. The molecule has 11 nitrogen and oxygen atoms in total. The van der Waals surface area contributed by atoms with Crippen molar-refractivity contribution in [1.82, 2.24) is 0 Å². The van der Waals surface area contributed by atoms with Crippen LogP contribution >= 0.6 is 0 Å². The number of aliphatic hydroxyl groups is 8. The molecule has 8 N–H and O–H groups in total. The first-order valence-electron chi connectivity index (χ1n) is 7.08. The van der Waals surface area contributed by atoms with Gasteiger partial charge in [-0.1, -0.05) is 0 Å². The first-order chi connectivity index (χ1) is 10.8. The van der Waals surface area contributed by atoms with E-state index < -0.39 is 74.6 Å². The van der Waals surface area contributed by atoms with Crippen molar-refractivity contribution in [1.29, 1.82) is 0 Å². The van der Waals surface area contributed by atoms with Crippen molar-refractivity contribution in [3.8, 4) is 0 Å². The molecule has 0 aromatic heterocycles. The van der Waals surface area contributed by atoms with Crippen LogP contribution in [0, 0.1) is 0 Å². The molecule has 23 heavy (non-hydrogen) atoms. The van der Waals surface area contributed by atoms with Crippen LogP contribution in [0.15, 0.2) is 0 Å². The van der Waals surface area contributed by atoms with E-state index in [1.54, 1.807) is 0 Å². The maximum absolute atomic E-state index is 9.84. The zero-order chi connectivity index (χ0) is 17.3. The molecule has 0 aliphatic carbocycles. The van der Waals surface area contributed by atoms with E-state index in [4.69, 9.17) is 24.4 Å². The van der Waals surface area contributed by atoms with Crippen LogP contribution < -0.4 is 0 Å². The summed E-state index contributed by atoms with van der Waals surface area (Å²) in [5, 5.41) is 76.4. The number of ether oxygens (including phenoxy) is 3. The summed E-state index contributed by atoms with van der Waals surface area (Å²) in [6, 6.07) is 0. The lowest BCUT2D eigenvalue weighted by molar-refractivity contribution is -0.376. The molecule has 2 fully saturated rings. The molecular weight excluding hydrogens is 320 g/mol. The molecule has 2 saturated heterocycles. The molecule has 136 valence electrons. The fraction of sp³-hybridized carbons (Fsp3) is 1.00. The fourth-order valence-electron chi connectivity index (χ4n) is 2.49. The molecule has 0 aromatic carbocycles. The Morgan fingerprint density at radius 1 is 0.565 bits per heavy atom. The molecule has 5 unspecified atom stereocenters. The predicted octanol–water partition coefficient (Wildman–Crippen LogP) is -5.40. The van der Waals surface area contributed by atoms with Crippen molar-refractivity contribution >= 4 is 0 Å². The molecule has 2 aliphatic rings. The second kappa shape index (κ2) is 7.63. The van der Waals surface area contributed by atoms with Crippen molar-refractivity contribution in [2.24, 2.45) is 0 Å². The van der Waals surface area contributed by atoms with E-state index in [0.717, 1.165) is 0 Å². The van der Waals surface area contributed by atoms with Crippen LogP contribution in [0.1, 0.15) is 0 Å². The van der Waals surface area contributed by atoms with E-state index in [9.17, 15) is 30.6 Å². The SMILES string of the molecule is OCC1O[C@@H](O[C@@H]2OC(CO)[C@@H](O)[C@@H](O)C2O)C(O)C(O)[C@@H]1O. The van der Waals surface area contributed by atoms with E-state index in [-0.39, 0.29) is 0 Å². The summed E-state index contributed by atoms with van der Waals surface area (Å²) < 4.78 is 15.3. The average molecular weight is 342 g/mol. The minimum atomic E-state index is -1.72. The summed E-state index contributed by atoms with van der Waals surface area (Å²) in [5.74, 6) is 0. The quantitative estimate of drug-likeness (QED) is 0.243. The Morgan fingerprint density at radius 2 is 0.913 bits per heavy atom. The van der Waals surface area contributed by atoms with Crippen molar-refractivity contribution in [2.45, 2.75) is 61.4 Å². The van der Waals surface area contributed by atoms with Crippen molar-refractivity contribution in [3.63, 3.8) is 0 Å². The molecule has 0 amide bonds. The highest BCUT2D eigenvalue weighted by molar-refractivity contribution is 4.92. The van der Waals surface area contributed by atoms with Gasteiger partial charge in [-0.3, -0.25) is 0 Å². The van der Waals surface area contributed by atoms with Gasteiger partial charge in [0.25, 0.3) is 0 Å². The van der Waals surface area contributed by atoms with Crippen molar-refractivity contribution < 1.29 is 55.1 Å². The summed E-state index contributed by atoms with van der Waals surface area (Å²) in [6.07, 6.45) is -15.6. The molecule has 2 aliphatic heterocycles. The molecule has 0 aromatic rings. The molecule has 0 radical (unpaired) electrons. The lowest BCUT2D eigenvalue weighted by atomic mass is 9.98. The van der Waals surface area contributed by atoms with Crippen LogP contribution in [0.5, 0.6) is 0 Å². The largest absolute Gasteiger partial charge is 0.394 e. The standard InChI is InChI=1S/C12H22O11/c13-1-3-5(15)7(17)9(19)11(21-3)23-12-10(20)8(18)6(16)4(2-14)22-12/h3-20H,1-2H2/t3?,4?,5-,6-,7-,8?,9?,10?,11+,12+/m1/s1. The van der Waals surface area contributed by atoms with Gasteiger partial charge in [-0.15, -0.1) is 0 Å². The molecule has 2 rings (SSSR count). The van der Waals surface area contributed by atoms with Gasteiger partial charge in [-0.2, -0.15) is 0 Å². The monoisotopic (exact) mass is 342 g/mol. The van der Waals surface area contributed by atoms with E-state index in [1.807, 2.05) is 0 Å². The second-order valence-electron chi connectivity index (χ2n) is 5.53. The zero-order valence-electron chi connectivity index (χ0n) is 12.0. The van der Waals surface area contributed by atoms with Gasteiger partial charge in [0.1, 0.15) is 48.8 Å². The van der Waals surface area contributed by atoms with Crippen LogP contribution in [0.2, 0.25) is 0 Å². The van der Waals surface area contributed by atoms with Crippen LogP contribution in [0.4, 0.5) is 0 Å². The van der Waals surface area contributed by atoms with Gasteiger partial charge in [0.05, 0.1) is 13.2 Å². The summed E-state index contributed by atoms with van der Waals surface area (Å²) in [5.41, 5.74) is 0. The zero-order valence-corrected chi connectivity index (χ0v) is 12.0. The molecular formula is C12H22O11. The molecule has 0 spiro atoms. The second-order valence-corrected chi connectivity index (χ2v) is 5.53. The molecule has 0 saturated carbocycles. The number of hydrogen-bond acceptors (Lipinski definition) is 11. The van der Waals surface area contributed by atoms with Gasteiger partial charge in [0.15, 0.2) is 12.6 Å². The maximum atomic E-state index is 9.84. The third-order valence-electron chi connectivity index (χ3n) is 3.97. The highest BCUT2D eigenvalue weighted by atomic mass is 16.8. The summed E-state index contributed by atoms with van der Waals surface area (Å²) >= 11 is 0. The predicted molar refractivity (Wildman–Crippen MR) is 68.6 cm³/mol. The van der Waals surface area contributed by atoms with Crippen LogP contribution in [0.3, 0.4) is 0 Å². The minimum absolute atomic E-state index is 0.667. The normalized spacial score (nSPS) is 51.7. The number of hydrogen-bond donors (Lipinski definition) is 8. The topological polar surface area (TPSA) is 190 Å². The summed E-state index contributed by atoms with van der Waals surface area (Å²) in [7, 11) is 0. The molecule has 10 atom stereocenters. The Hall–Kier alpha value is -0.440. The number of aliphatic hydroxyl groups excluding tert-OH is 8. The summed E-state index contributed by atoms with van der Waals surface area (Å²) in [4.78, 5) is 0. The fourth-order valence-corrected chi connectivity index (χ4v) is 2.49. The van der Waals surface area contributed by atoms with Crippen LogP contribution in [-0.2, 0) is 14.2 Å². The molecule has 11 heteroatoms. The Balaban J connectivity index is 2.07. The van der Waals surface area contributed by atoms with E-state index in [1.165, 1.54) is 0 Å². The highest BCUT2D eigenvalue weighted by Gasteiger charge is 2.49. The Labute approximate surface area is 130 Å².